The molecule has 8 heteroatoms. The highest BCUT2D eigenvalue weighted by Gasteiger charge is 2.45. The molecule has 2 N–H and O–H groups in total. The zero-order valence-corrected chi connectivity index (χ0v) is 22.3. The van der Waals surface area contributed by atoms with Crippen molar-refractivity contribution in [3.05, 3.63) is 72.3 Å². The fourth-order valence-electron chi connectivity index (χ4n) is 5.35. The summed E-state index contributed by atoms with van der Waals surface area (Å²) in [5.41, 5.74) is 3.41. The highest BCUT2D eigenvalue weighted by Crippen LogP contribution is 2.34. The molecule has 2 aliphatic rings. The lowest BCUT2D eigenvalue weighted by Crippen LogP contribution is -2.49. The van der Waals surface area contributed by atoms with Crippen molar-refractivity contribution < 1.29 is 29.0 Å². The monoisotopic (exact) mass is 534 g/mol. The number of aliphatic carboxylic acids is 1. The van der Waals surface area contributed by atoms with Crippen LogP contribution in [0.3, 0.4) is 0 Å². The van der Waals surface area contributed by atoms with Gasteiger partial charge in [-0.15, -0.1) is 0 Å². The molecule has 8 nitrogen and oxygen atoms in total. The van der Waals surface area contributed by atoms with Gasteiger partial charge in [-0.25, -0.2) is 0 Å². The topological polar surface area (TPSA) is 105 Å². The minimum absolute atomic E-state index is 0.0503. The van der Waals surface area contributed by atoms with Gasteiger partial charge < -0.3 is 19.9 Å². The van der Waals surface area contributed by atoms with Crippen LogP contribution in [0.5, 0.6) is 0 Å². The summed E-state index contributed by atoms with van der Waals surface area (Å²) in [7, 11) is 0. The number of hydrogen-bond acceptors (Lipinski definition) is 6. The van der Waals surface area contributed by atoms with Crippen molar-refractivity contribution in [1.82, 2.24) is 10.2 Å². The smallest absolute Gasteiger partial charge is 0.322 e. The lowest BCUT2D eigenvalue weighted by molar-refractivity contribution is -0.138. The fourth-order valence-corrected chi connectivity index (χ4v) is 5.35. The van der Waals surface area contributed by atoms with E-state index in [4.69, 9.17) is 14.6 Å². The van der Waals surface area contributed by atoms with E-state index in [1.165, 1.54) is 5.56 Å². The molecule has 0 aromatic heterocycles. The second-order valence-corrected chi connectivity index (χ2v) is 10.1. The summed E-state index contributed by atoms with van der Waals surface area (Å²) < 4.78 is 11.9. The zero-order chi connectivity index (χ0) is 27.5. The summed E-state index contributed by atoms with van der Waals surface area (Å²) in [5.74, 6) is -1.03. The second-order valence-electron chi connectivity index (χ2n) is 10.1. The SMILES string of the molecule is O=C(O)CNC(=O)CCC/C=C\C[C@H]1[C@H](N2CCOCC2)C(=O)C[C@H]1OCc1ccc(-c2ccccc2)cc1. The number of rotatable bonds is 13. The number of benzene rings is 2. The van der Waals surface area contributed by atoms with Crippen LogP contribution in [-0.4, -0.2) is 72.7 Å². The van der Waals surface area contributed by atoms with Gasteiger partial charge in [0, 0.05) is 31.8 Å². The molecule has 0 spiro atoms. The largest absolute Gasteiger partial charge is 0.480 e. The number of hydrogen-bond donors (Lipinski definition) is 2. The number of carbonyl (C=O) groups is 3. The Morgan fingerprint density at radius 1 is 1.03 bits per heavy atom. The van der Waals surface area contributed by atoms with E-state index in [0.29, 0.717) is 39.1 Å². The number of carboxylic acids is 1. The van der Waals surface area contributed by atoms with Crippen molar-refractivity contribution in [3.63, 3.8) is 0 Å². The van der Waals surface area contributed by atoms with Gasteiger partial charge >= 0.3 is 5.97 Å². The van der Waals surface area contributed by atoms with Crippen LogP contribution in [-0.2, 0) is 30.5 Å². The van der Waals surface area contributed by atoms with Crippen molar-refractivity contribution in [2.75, 3.05) is 32.8 Å². The molecule has 1 amide bonds. The van der Waals surface area contributed by atoms with Crippen LogP contribution < -0.4 is 5.32 Å². The molecule has 2 fully saturated rings. The van der Waals surface area contributed by atoms with Gasteiger partial charge in [0.1, 0.15) is 6.54 Å². The molecule has 1 heterocycles. The summed E-state index contributed by atoms with van der Waals surface area (Å²) >= 11 is 0. The van der Waals surface area contributed by atoms with Crippen molar-refractivity contribution in [3.8, 4) is 11.1 Å². The van der Waals surface area contributed by atoms with Gasteiger partial charge in [0.05, 0.1) is 32.0 Å². The summed E-state index contributed by atoms with van der Waals surface area (Å²) in [4.78, 5) is 37.7. The van der Waals surface area contributed by atoms with Crippen LogP contribution in [0, 0.1) is 5.92 Å². The van der Waals surface area contributed by atoms with Crippen LogP contribution in [0.4, 0.5) is 0 Å². The molecule has 1 saturated carbocycles. The average Bonchev–Trinajstić information content (AvgIpc) is 3.28. The number of Topliss-reactive ketones (excluding diaryl/α,β-unsaturated/α-hetero) is 1. The maximum absolute atomic E-state index is 13.2. The summed E-state index contributed by atoms with van der Waals surface area (Å²) in [6.45, 7) is 2.86. The standard InChI is InChI=1S/C31H38N2O6/c34-27-20-28(39-22-23-12-14-25(15-13-23)24-8-4-3-5-9-24)26(31(27)33-16-18-38-19-17-33)10-6-1-2-7-11-29(35)32-21-30(36)37/h1,3-6,8-9,12-15,26,28,31H,2,7,10-11,16-22H2,(H,32,35)(H,36,37)/b6-1-/t26-,28-,31+/m1/s1. The van der Waals surface area contributed by atoms with Gasteiger partial charge in [0.2, 0.25) is 5.91 Å². The highest BCUT2D eigenvalue weighted by atomic mass is 16.5. The zero-order valence-electron chi connectivity index (χ0n) is 22.3. The summed E-state index contributed by atoms with van der Waals surface area (Å²) in [5, 5.41) is 11.0. The molecule has 39 heavy (non-hydrogen) atoms. The van der Waals surface area contributed by atoms with Crippen LogP contribution in [0.15, 0.2) is 66.7 Å². The van der Waals surface area contributed by atoms with Crippen molar-refractivity contribution in [2.24, 2.45) is 5.92 Å². The number of ether oxygens (including phenoxy) is 2. The molecule has 208 valence electrons. The van der Waals surface area contributed by atoms with E-state index in [9.17, 15) is 14.4 Å². The minimum atomic E-state index is -1.05. The van der Waals surface area contributed by atoms with Crippen LogP contribution in [0.25, 0.3) is 11.1 Å². The Morgan fingerprint density at radius 3 is 2.46 bits per heavy atom. The molecule has 0 unspecified atom stereocenters. The Balaban J connectivity index is 1.33. The predicted molar refractivity (Wildman–Crippen MR) is 148 cm³/mol. The van der Waals surface area contributed by atoms with Crippen LogP contribution >= 0.6 is 0 Å². The van der Waals surface area contributed by atoms with Gasteiger partial charge in [-0.3, -0.25) is 19.3 Å². The van der Waals surface area contributed by atoms with Gasteiger partial charge in [0.25, 0.3) is 0 Å². The van der Waals surface area contributed by atoms with Gasteiger partial charge in [-0.05, 0) is 36.0 Å². The Hall–Kier alpha value is -3.33. The maximum atomic E-state index is 13.2. The summed E-state index contributed by atoms with van der Waals surface area (Å²) in [6, 6.07) is 18.4. The number of unbranched alkanes of at least 4 members (excludes halogenated alkanes) is 1. The third kappa shape index (κ3) is 8.58. The lowest BCUT2D eigenvalue weighted by Gasteiger charge is -2.35. The number of allylic oxidation sites excluding steroid dienone is 2. The maximum Gasteiger partial charge on any atom is 0.322 e. The second kappa shape index (κ2) is 14.7. The number of carboxylic acid groups (broad SMARTS) is 1. The molecule has 0 radical (unpaired) electrons. The van der Waals surface area contributed by atoms with Crippen molar-refractivity contribution in [2.45, 2.75) is 50.9 Å². The van der Waals surface area contributed by atoms with Gasteiger partial charge in [-0.2, -0.15) is 0 Å². The summed E-state index contributed by atoms with van der Waals surface area (Å²) in [6.07, 6.45) is 6.73. The number of ketones is 1. The third-order valence-corrected chi connectivity index (χ3v) is 7.37. The molecule has 1 aliphatic heterocycles. The lowest BCUT2D eigenvalue weighted by atomic mass is 9.95. The normalized spacial score (nSPS) is 21.8. The molecule has 1 saturated heterocycles. The van der Waals surface area contributed by atoms with Crippen molar-refractivity contribution >= 4 is 17.7 Å². The molecule has 2 aromatic rings. The number of amides is 1. The van der Waals surface area contributed by atoms with E-state index in [1.54, 1.807) is 0 Å². The van der Waals surface area contributed by atoms with E-state index in [0.717, 1.165) is 30.6 Å². The van der Waals surface area contributed by atoms with E-state index < -0.39 is 5.97 Å². The minimum Gasteiger partial charge on any atom is -0.480 e. The number of morpholine rings is 1. The predicted octanol–water partition coefficient (Wildman–Crippen LogP) is 3.85. The average molecular weight is 535 g/mol. The third-order valence-electron chi connectivity index (χ3n) is 7.37. The molecule has 2 aromatic carbocycles. The Kier molecular flexibility index (Phi) is 10.8. The molecular formula is C31H38N2O6. The Labute approximate surface area is 230 Å². The molecule has 0 bridgehead atoms. The highest BCUT2D eigenvalue weighted by molar-refractivity contribution is 5.87. The first-order valence-corrected chi connectivity index (χ1v) is 13.7. The number of nitrogens with zero attached hydrogens (tertiary/aromatic N) is 1. The number of nitrogens with one attached hydrogen (secondary N) is 1. The van der Waals surface area contributed by atoms with Gasteiger partial charge in [-0.1, -0.05) is 66.7 Å². The van der Waals surface area contributed by atoms with Crippen LogP contribution in [0.2, 0.25) is 0 Å². The Bertz CT molecular complexity index is 1110. The molecular weight excluding hydrogens is 496 g/mol. The first-order valence-electron chi connectivity index (χ1n) is 13.7. The number of carbonyl (C=O) groups excluding carboxylic acids is 2. The first kappa shape index (κ1) is 28.7. The molecule has 4 rings (SSSR count). The van der Waals surface area contributed by atoms with E-state index in [1.807, 2.05) is 24.3 Å². The quantitative estimate of drug-likeness (QED) is 0.297. The Morgan fingerprint density at radius 2 is 1.74 bits per heavy atom. The van der Waals surface area contributed by atoms with Crippen molar-refractivity contribution in [1.29, 1.82) is 0 Å². The van der Waals surface area contributed by atoms with E-state index >= 15 is 0 Å². The first-order chi connectivity index (χ1) is 19.0. The molecule has 1 aliphatic carbocycles. The molecule has 3 atom stereocenters. The fraction of sp³-hybridized carbons (Fsp3) is 0.452. The van der Waals surface area contributed by atoms with E-state index in [2.05, 4.69) is 52.7 Å². The van der Waals surface area contributed by atoms with Crippen LogP contribution in [0.1, 0.15) is 37.7 Å². The van der Waals surface area contributed by atoms with Gasteiger partial charge in [0.15, 0.2) is 5.78 Å². The van der Waals surface area contributed by atoms with E-state index in [-0.39, 0.29) is 42.7 Å².